The van der Waals surface area contributed by atoms with Crippen LogP contribution < -0.4 is 0 Å². The van der Waals surface area contributed by atoms with Gasteiger partial charge in [-0.3, -0.25) is 4.99 Å². The first-order valence-electron chi connectivity index (χ1n) is 4.58. The largest absolute Gasteiger partial charge is 0.291 e. The van der Waals surface area contributed by atoms with E-state index in [1.165, 1.54) is 19.3 Å². The lowest BCUT2D eigenvalue weighted by Crippen LogP contribution is -2.34. The van der Waals surface area contributed by atoms with Gasteiger partial charge in [-0.25, -0.2) is 0 Å². The van der Waals surface area contributed by atoms with E-state index in [9.17, 15) is 0 Å². The van der Waals surface area contributed by atoms with E-state index < -0.39 is 0 Å². The number of nitrogens with zero attached hydrogens (tertiary/aromatic N) is 1. The van der Waals surface area contributed by atoms with Crippen LogP contribution in [0, 0.1) is 11.3 Å². The van der Waals surface area contributed by atoms with Crippen LogP contribution in [0.3, 0.4) is 0 Å². The molecule has 0 aromatic rings. The van der Waals surface area contributed by atoms with Gasteiger partial charge in [-0.1, -0.05) is 13.8 Å². The Kier molecular flexibility index (Phi) is 1.25. The summed E-state index contributed by atoms with van der Waals surface area (Å²) in [6, 6.07) is 0. The van der Waals surface area contributed by atoms with E-state index in [1.807, 2.05) is 0 Å². The van der Waals surface area contributed by atoms with Gasteiger partial charge in [0.25, 0.3) is 0 Å². The van der Waals surface area contributed by atoms with Crippen LogP contribution in [0.5, 0.6) is 0 Å². The van der Waals surface area contributed by atoms with Gasteiger partial charge in [0.05, 0.1) is 5.54 Å². The summed E-state index contributed by atoms with van der Waals surface area (Å²) in [5.41, 5.74) is 0.735. The molecule has 0 spiro atoms. The maximum Gasteiger partial charge on any atom is 0.0587 e. The molecule has 3 atom stereocenters. The second-order valence-electron chi connectivity index (χ2n) is 5.10. The van der Waals surface area contributed by atoms with Gasteiger partial charge >= 0.3 is 0 Å². The van der Waals surface area contributed by atoms with E-state index >= 15 is 0 Å². The molecule has 0 amide bonds. The summed E-state index contributed by atoms with van der Waals surface area (Å²) in [4.78, 5) is 4.63. The molecule has 1 heteroatoms. The summed E-state index contributed by atoms with van der Waals surface area (Å²) in [5, 5.41) is 0. The first kappa shape index (κ1) is 7.33. The standard InChI is InChI=1S/C10H17N/c1-8-4-9(2)6-10(3,5-8)11-7-9/h7-8H,4-6H2,1-3H3. The highest BCUT2D eigenvalue weighted by atomic mass is 14.9. The summed E-state index contributed by atoms with van der Waals surface area (Å²) in [5.74, 6) is 0.862. The lowest BCUT2D eigenvalue weighted by molar-refractivity contribution is 0.189. The first-order chi connectivity index (χ1) is 5.02. The smallest absolute Gasteiger partial charge is 0.0587 e. The molecule has 1 nitrogen and oxygen atoms in total. The summed E-state index contributed by atoms with van der Waals surface area (Å²) >= 11 is 0. The number of fused-ring (bicyclic) bond motifs is 2. The van der Waals surface area contributed by atoms with Crippen molar-refractivity contribution >= 4 is 6.21 Å². The predicted molar refractivity (Wildman–Crippen MR) is 48.0 cm³/mol. The second-order valence-corrected chi connectivity index (χ2v) is 5.10. The van der Waals surface area contributed by atoms with Crippen LogP contribution in [0.15, 0.2) is 4.99 Å². The topological polar surface area (TPSA) is 12.4 Å². The predicted octanol–water partition coefficient (Wildman–Crippen LogP) is 2.66. The van der Waals surface area contributed by atoms with Crippen molar-refractivity contribution in [3.63, 3.8) is 0 Å². The minimum absolute atomic E-state index is 0.298. The average molecular weight is 151 g/mol. The fourth-order valence-corrected chi connectivity index (χ4v) is 3.14. The van der Waals surface area contributed by atoms with Crippen molar-refractivity contribution in [3.05, 3.63) is 0 Å². The maximum atomic E-state index is 4.63. The highest BCUT2D eigenvalue weighted by Gasteiger charge is 2.45. The Morgan fingerprint density at radius 3 is 2.73 bits per heavy atom. The third kappa shape index (κ3) is 1.11. The molecule has 1 aliphatic heterocycles. The van der Waals surface area contributed by atoms with Gasteiger partial charge in [-0.05, 0) is 32.1 Å². The highest BCUT2D eigenvalue weighted by Crippen LogP contribution is 2.48. The molecule has 0 radical (unpaired) electrons. The van der Waals surface area contributed by atoms with Crippen LogP contribution >= 0.6 is 0 Å². The molecule has 0 aromatic heterocycles. The SMILES string of the molecule is CC1CC2(C)C=NC(C)(C1)C2. The Hall–Kier alpha value is -0.330. The molecule has 1 saturated carbocycles. The molecule has 3 unspecified atom stereocenters. The van der Waals surface area contributed by atoms with E-state index in [0.29, 0.717) is 11.0 Å². The lowest BCUT2D eigenvalue weighted by atomic mass is 9.67. The molecule has 1 heterocycles. The molecule has 11 heavy (non-hydrogen) atoms. The number of hydrogen-bond donors (Lipinski definition) is 0. The first-order valence-corrected chi connectivity index (χ1v) is 4.58. The molecule has 0 aromatic carbocycles. The number of hydrogen-bond acceptors (Lipinski definition) is 1. The van der Waals surface area contributed by atoms with E-state index in [0.717, 1.165) is 5.92 Å². The van der Waals surface area contributed by atoms with Crippen molar-refractivity contribution in [3.8, 4) is 0 Å². The lowest BCUT2D eigenvalue weighted by Gasteiger charge is -2.37. The highest BCUT2D eigenvalue weighted by molar-refractivity contribution is 5.69. The maximum absolute atomic E-state index is 4.63. The van der Waals surface area contributed by atoms with Crippen molar-refractivity contribution < 1.29 is 0 Å². The molecule has 1 aliphatic carbocycles. The average Bonchev–Trinajstić information content (AvgIpc) is 2.01. The van der Waals surface area contributed by atoms with Crippen molar-refractivity contribution in [2.45, 2.75) is 45.6 Å². The zero-order valence-electron chi connectivity index (χ0n) is 7.72. The zero-order chi connectivity index (χ0) is 8.11. The fourth-order valence-electron chi connectivity index (χ4n) is 3.14. The molecule has 0 saturated heterocycles. The molecule has 2 bridgehead atoms. The molecular weight excluding hydrogens is 134 g/mol. The van der Waals surface area contributed by atoms with E-state index in [-0.39, 0.29) is 0 Å². The van der Waals surface area contributed by atoms with Gasteiger partial charge in [0.2, 0.25) is 0 Å². The van der Waals surface area contributed by atoms with Crippen LogP contribution in [-0.2, 0) is 0 Å². The van der Waals surface area contributed by atoms with Crippen LogP contribution in [-0.4, -0.2) is 11.8 Å². The molecule has 0 N–H and O–H groups in total. The minimum Gasteiger partial charge on any atom is -0.291 e. The molecular formula is C10H17N. The fraction of sp³-hybridized carbons (Fsp3) is 0.900. The monoisotopic (exact) mass is 151 g/mol. The third-order valence-corrected chi connectivity index (χ3v) is 3.08. The summed E-state index contributed by atoms with van der Waals surface area (Å²) in [6.07, 6.45) is 6.12. The Balaban J connectivity index is 2.28. The second kappa shape index (κ2) is 1.88. The molecule has 2 aliphatic rings. The van der Waals surface area contributed by atoms with E-state index in [4.69, 9.17) is 0 Å². The third-order valence-electron chi connectivity index (χ3n) is 3.08. The van der Waals surface area contributed by atoms with Gasteiger partial charge < -0.3 is 0 Å². The molecule has 2 rings (SSSR count). The number of aliphatic imine (C=N–C) groups is 1. The van der Waals surface area contributed by atoms with Gasteiger partial charge in [0.1, 0.15) is 0 Å². The van der Waals surface area contributed by atoms with Crippen LogP contribution in [0.25, 0.3) is 0 Å². The van der Waals surface area contributed by atoms with Crippen molar-refractivity contribution in [1.29, 1.82) is 0 Å². The van der Waals surface area contributed by atoms with Crippen LogP contribution in [0.2, 0.25) is 0 Å². The van der Waals surface area contributed by atoms with Crippen LogP contribution in [0.4, 0.5) is 0 Å². The van der Waals surface area contributed by atoms with Crippen molar-refractivity contribution in [2.24, 2.45) is 16.3 Å². The van der Waals surface area contributed by atoms with Crippen molar-refractivity contribution in [2.75, 3.05) is 0 Å². The van der Waals surface area contributed by atoms with Gasteiger partial charge in [-0.2, -0.15) is 0 Å². The summed E-state index contributed by atoms with van der Waals surface area (Å²) in [7, 11) is 0. The Labute approximate surface area is 68.9 Å². The summed E-state index contributed by atoms with van der Waals surface area (Å²) < 4.78 is 0. The quantitative estimate of drug-likeness (QED) is 0.504. The number of rotatable bonds is 0. The minimum atomic E-state index is 0.298. The Bertz CT molecular complexity index is 189. The van der Waals surface area contributed by atoms with E-state index in [1.54, 1.807) is 0 Å². The normalized spacial score (nSPS) is 55.0. The van der Waals surface area contributed by atoms with E-state index in [2.05, 4.69) is 32.0 Å². The zero-order valence-corrected chi connectivity index (χ0v) is 7.72. The summed E-state index contributed by atoms with van der Waals surface area (Å²) in [6.45, 7) is 6.99. The Morgan fingerprint density at radius 2 is 2.09 bits per heavy atom. The van der Waals surface area contributed by atoms with Gasteiger partial charge in [-0.15, -0.1) is 0 Å². The molecule has 1 fully saturated rings. The van der Waals surface area contributed by atoms with Gasteiger partial charge in [0, 0.05) is 11.6 Å². The Morgan fingerprint density at radius 1 is 1.36 bits per heavy atom. The van der Waals surface area contributed by atoms with Crippen LogP contribution in [0.1, 0.15) is 40.0 Å². The van der Waals surface area contributed by atoms with Gasteiger partial charge in [0.15, 0.2) is 0 Å². The van der Waals surface area contributed by atoms with Crippen molar-refractivity contribution in [1.82, 2.24) is 0 Å². The molecule has 62 valence electrons.